The Morgan fingerprint density at radius 1 is 1.21 bits per heavy atom. The molecule has 0 N–H and O–H groups in total. The number of hydrogen-bond acceptors (Lipinski definition) is 3. The van der Waals surface area contributed by atoms with Crippen LogP contribution < -0.4 is 0 Å². The lowest BCUT2D eigenvalue weighted by Crippen LogP contribution is -2.38. The molecule has 2 unspecified atom stereocenters. The molecule has 2 atom stereocenters. The summed E-state index contributed by atoms with van der Waals surface area (Å²) in [4.78, 5) is 2.38. The Kier molecular flexibility index (Phi) is 3.37. The standard InChI is InChI=1S/C14H20N2O2S/c1-19(17,18)16-8-7-13-10-15(11-14(13)16)9-12-5-3-2-4-6-12/h2-6,13-14H,7-11H2,1H3. The SMILES string of the molecule is CS(=O)(=O)N1CCC2CN(Cc3ccccc3)CC21. The summed E-state index contributed by atoms with van der Waals surface area (Å²) in [5, 5.41) is 0. The van der Waals surface area contributed by atoms with E-state index in [0.29, 0.717) is 12.5 Å². The number of hydrogen-bond donors (Lipinski definition) is 0. The Morgan fingerprint density at radius 3 is 2.63 bits per heavy atom. The van der Waals surface area contributed by atoms with Crippen molar-refractivity contribution in [2.75, 3.05) is 25.9 Å². The number of benzene rings is 1. The van der Waals surface area contributed by atoms with Crippen molar-refractivity contribution in [3.63, 3.8) is 0 Å². The van der Waals surface area contributed by atoms with Gasteiger partial charge in [-0.25, -0.2) is 8.42 Å². The average Bonchev–Trinajstić information content (AvgIpc) is 2.88. The molecular formula is C14H20N2O2S. The van der Waals surface area contributed by atoms with Crippen molar-refractivity contribution in [1.82, 2.24) is 9.21 Å². The molecule has 3 rings (SSSR count). The van der Waals surface area contributed by atoms with Gasteiger partial charge in [-0.2, -0.15) is 4.31 Å². The molecule has 0 spiro atoms. The summed E-state index contributed by atoms with van der Waals surface area (Å²) in [6.45, 7) is 3.51. The molecule has 2 aliphatic rings. The second-order valence-electron chi connectivity index (χ2n) is 5.67. The van der Waals surface area contributed by atoms with E-state index >= 15 is 0 Å². The van der Waals surface area contributed by atoms with Gasteiger partial charge in [0.05, 0.1) is 6.26 Å². The Bertz CT molecular complexity index is 544. The highest BCUT2D eigenvalue weighted by atomic mass is 32.2. The van der Waals surface area contributed by atoms with E-state index in [1.807, 2.05) is 6.07 Å². The normalized spacial score (nSPS) is 28.7. The first kappa shape index (κ1) is 13.1. The Hall–Kier alpha value is -0.910. The summed E-state index contributed by atoms with van der Waals surface area (Å²) in [7, 11) is -3.05. The van der Waals surface area contributed by atoms with Gasteiger partial charge in [0, 0.05) is 32.2 Å². The fourth-order valence-corrected chi connectivity index (χ4v) is 4.56. The molecule has 1 aromatic carbocycles. The fourth-order valence-electron chi connectivity index (χ4n) is 3.39. The van der Waals surface area contributed by atoms with Crippen molar-refractivity contribution in [2.45, 2.75) is 19.0 Å². The molecule has 1 aromatic rings. The molecule has 4 nitrogen and oxygen atoms in total. The monoisotopic (exact) mass is 280 g/mol. The summed E-state index contributed by atoms with van der Waals surface area (Å²) in [6, 6.07) is 10.6. The van der Waals surface area contributed by atoms with Gasteiger partial charge in [0.25, 0.3) is 0 Å². The van der Waals surface area contributed by atoms with Gasteiger partial charge in [-0.3, -0.25) is 4.90 Å². The van der Waals surface area contributed by atoms with E-state index in [9.17, 15) is 8.42 Å². The molecule has 0 saturated carbocycles. The molecule has 2 heterocycles. The van der Waals surface area contributed by atoms with Crippen LogP contribution in [0.25, 0.3) is 0 Å². The molecule has 0 aliphatic carbocycles. The average molecular weight is 280 g/mol. The molecule has 2 aliphatic heterocycles. The number of rotatable bonds is 3. The third kappa shape index (κ3) is 2.68. The number of nitrogens with zero attached hydrogens (tertiary/aromatic N) is 2. The van der Waals surface area contributed by atoms with Gasteiger partial charge < -0.3 is 0 Å². The van der Waals surface area contributed by atoms with Crippen LogP contribution in [0, 0.1) is 5.92 Å². The second kappa shape index (κ2) is 4.89. The minimum atomic E-state index is -3.05. The van der Waals surface area contributed by atoms with Crippen molar-refractivity contribution < 1.29 is 8.42 Å². The number of sulfonamides is 1. The minimum absolute atomic E-state index is 0.193. The zero-order valence-electron chi connectivity index (χ0n) is 11.2. The van der Waals surface area contributed by atoms with E-state index in [1.165, 1.54) is 11.8 Å². The highest BCUT2D eigenvalue weighted by Crippen LogP contribution is 2.33. The molecule has 0 radical (unpaired) electrons. The molecule has 5 heteroatoms. The van der Waals surface area contributed by atoms with Gasteiger partial charge in [0.15, 0.2) is 0 Å². The zero-order chi connectivity index (χ0) is 13.5. The first-order chi connectivity index (χ1) is 9.04. The minimum Gasteiger partial charge on any atom is -0.297 e. The highest BCUT2D eigenvalue weighted by molar-refractivity contribution is 7.88. The van der Waals surface area contributed by atoms with E-state index in [-0.39, 0.29) is 6.04 Å². The summed E-state index contributed by atoms with van der Waals surface area (Å²) in [5.74, 6) is 0.512. The van der Waals surface area contributed by atoms with Crippen LogP contribution in [0.1, 0.15) is 12.0 Å². The number of fused-ring (bicyclic) bond motifs is 1. The largest absolute Gasteiger partial charge is 0.297 e. The summed E-state index contributed by atoms with van der Waals surface area (Å²) >= 11 is 0. The van der Waals surface area contributed by atoms with Gasteiger partial charge in [-0.1, -0.05) is 30.3 Å². The van der Waals surface area contributed by atoms with E-state index < -0.39 is 10.0 Å². The van der Waals surface area contributed by atoms with Crippen molar-refractivity contribution >= 4 is 10.0 Å². The van der Waals surface area contributed by atoms with Gasteiger partial charge >= 0.3 is 0 Å². The molecule has 0 aromatic heterocycles. The predicted molar refractivity (Wildman–Crippen MR) is 75.2 cm³/mol. The maximum absolute atomic E-state index is 11.7. The lowest BCUT2D eigenvalue weighted by molar-refractivity contribution is 0.287. The van der Waals surface area contributed by atoms with Gasteiger partial charge in [-0.15, -0.1) is 0 Å². The van der Waals surface area contributed by atoms with E-state index in [4.69, 9.17) is 0 Å². The third-order valence-electron chi connectivity index (χ3n) is 4.25. The fraction of sp³-hybridized carbons (Fsp3) is 0.571. The zero-order valence-corrected chi connectivity index (χ0v) is 12.0. The Balaban J connectivity index is 1.68. The van der Waals surface area contributed by atoms with Crippen LogP contribution >= 0.6 is 0 Å². The summed E-state index contributed by atoms with van der Waals surface area (Å²) in [5.41, 5.74) is 1.30. The van der Waals surface area contributed by atoms with Crippen molar-refractivity contribution in [2.24, 2.45) is 5.92 Å². The molecule has 0 bridgehead atoms. The quantitative estimate of drug-likeness (QED) is 0.834. The smallest absolute Gasteiger partial charge is 0.211 e. The topological polar surface area (TPSA) is 40.6 Å². The van der Waals surface area contributed by atoms with Gasteiger partial charge in [-0.05, 0) is 17.9 Å². The summed E-state index contributed by atoms with van der Waals surface area (Å²) < 4.78 is 25.2. The van der Waals surface area contributed by atoms with Crippen molar-refractivity contribution in [3.8, 4) is 0 Å². The van der Waals surface area contributed by atoms with Gasteiger partial charge in [0.2, 0.25) is 10.0 Å². The van der Waals surface area contributed by atoms with E-state index in [1.54, 1.807) is 4.31 Å². The lowest BCUT2D eigenvalue weighted by Gasteiger charge is -2.22. The molecule has 19 heavy (non-hydrogen) atoms. The second-order valence-corrected chi connectivity index (χ2v) is 7.60. The van der Waals surface area contributed by atoms with E-state index in [2.05, 4.69) is 29.2 Å². The predicted octanol–water partition coefficient (Wildman–Crippen LogP) is 1.15. The van der Waals surface area contributed by atoms with E-state index in [0.717, 1.165) is 26.1 Å². The van der Waals surface area contributed by atoms with Crippen LogP contribution in [0.15, 0.2) is 30.3 Å². The van der Waals surface area contributed by atoms with Crippen molar-refractivity contribution in [1.29, 1.82) is 0 Å². The van der Waals surface area contributed by atoms with Crippen LogP contribution in [-0.4, -0.2) is 49.6 Å². The first-order valence-corrected chi connectivity index (χ1v) is 8.62. The van der Waals surface area contributed by atoms with Crippen LogP contribution in [0.5, 0.6) is 0 Å². The van der Waals surface area contributed by atoms with Crippen molar-refractivity contribution in [3.05, 3.63) is 35.9 Å². The Morgan fingerprint density at radius 2 is 1.95 bits per heavy atom. The molecule has 104 valence electrons. The maximum Gasteiger partial charge on any atom is 0.211 e. The molecule has 2 fully saturated rings. The van der Waals surface area contributed by atoms with Crippen LogP contribution in [0.3, 0.4) is 0 Å². The van der Waals surface area contributed by atoms with Crippen LogP contribution in [0.2, 0.25) is 0 Å². The first-order valence-electron chi connectivity index (χ1n) is 6.77. The third-order valence-corrected chi connectivity index (χ3v) is 5.55. The maximum atomic E-state index is 11.7. The molecule has 2 saturated heterocycles. The van der Waals surface area contributed by atoms with Crippen LogP contribution in [-0.2, 0) is 16.6 Å². The van der Waals surface area contributed by atoms with Gasteiger partial charge in [0.1, 0.15) is 0 Å². The Labute approximate surface area is 115 Å². The summed E-state index contributed by atoms with van der Waals surface area (Å²) in [6.07, 6.45) is 2.33. The number of likely N-dealkylation sites (tertiary alicyclic amines) is 1. The molecular weight excluding hydrogens is 260 g/mol. The lowest BCUT2D eigenvalue weighted by atomic mass is 10.1. The van der Waals surface area contributed by atoms with Crippen LogP contribution in [0.4, 0.5) is 0 Å². The molecule has 0 amide bonds. The highest BCUT2D eigenvalue weighted by Gasteiger charge is 2.44.